The predicted octanol–water partition coefficient (Wildman–Crippen LogP) is 3.54. The van der Waals surface area contributed by atoms with Crippen LogP contribution in [0.2, 0.25) is 18.1 Å². The molecule has 0 rings (SSSR count). The van der Waals surface area contributed by atoms with E-state index >= 15 is 0 Å². The molecular formula is C13H26ClNO3Si. The van der Waals surface area contributed by atoms with E-state index in [0.717, 1.165) is 5.06 Å². The lowest BCUT2D eigenvalue weighted by molar-refractivity contribution is -0.162. The van der Waals surface area contributed by atoms with Crippen LogP contribution in [0.25, 0.3) is 0 Å². The lowest BCUT2D eigenvalue weighted by Gasteiger charge is -2.36. The van der Waals surface area contributed by atoms with Gasteiger partial charge in [0, 0.05) is 31.2 Å². The molecule has 0 saturated heterocycles. The van der Waals surface area contributed by atoms with Gasteiger partial charge >= 0.3 is 0 Å². The van der Waals surface area contributed by atoms with Crippen LogP contribution in [0.5, 0.6) is 0 Å². The van der Waals surface area contributed by atoms with Gasteiger partial charge in [0.25, 0.3) is 5.91 Å². The molecule has 0 bridgehead atoms. The number of hydroxylamine groups is 2. The second kappa shape index (κ2) is 7.43. The SMILES string of the molecule is CON(C)C(=O)/C=C(\Cl)CCO[Si](C)(C)C(C)(C)C. The number of hydrogen-bond donors (Lipinski definition) is 0. The summed E-state index contributed by atoms with van der Waals surface area (Å²) in [5.74, 6) is -0.278. The minimum atomic E-state index is -1.75. The molecular weight excluding hydrogens is 282 g/mol. The maximum atomic E-state index is 11.5. The van der Waals surface area contributed by atoms with Gasteiger partial charge < -0.3 is 4.43 Å². The molecule has 0 radical (unpaired) electrons. The van der Waals surface area contributed by atoms with E-state index in [1.165, 1.54) is 20.2 Å². The number of halogens is 1. The zero-order valence-electron chi connectivity index (χ0n) is 13.0. The Bertz CT molecular complexity index is 337. The van der Waals surface area contributed by atoms with E-state index < -0.39 is 8.32 Å². The van der Waals surface area contributed by atoms with Gasteiger partial charge in [-0.25, -0.2) is 5.06 Å². The number of hydrogen-bond acceptors (Lipinski definition) is 3. The standard InChI is InChI=1S/C13H26ClNO3Si/c1-13(2,3)19(6,7)18-9-8-11(14)10-12(16)15(4)17-5/h10H,8-9H2,1-7H3/b11-10-. The third-order valence-electron chi connectivity index (χ3n) is 3.47. The molecule has 0 heterocycles. The summed E-state index contributed by atoms with van der Waals surface area (Å²) in [6.07, 6.45) is 1.90. The molecule has 1 amide bonds. The molecule has 0 aliphatic rings. The number of amides is 1. The Morgan fingerprint density at radius 2 is 1.89 bits per heavy atom. The number of carbonyl (C=O) groups excluding carboxylic acids is 1. The van der Waals surface area contributed by atoms with Crippen LogP contribution >= 0.6 is 11.6 Å². The zero-order valence-corrected chi connectivity index (χ0v) is 14.8. The molecule has 6 heteroatoms. The van der Waals surface area contributed by atoms with Crippen LogP contribution in [0.3, 0.4) is 0 Å². The van der Waals surface area contributed by atoms with E-state index in [9.17, 15) is 4.79 Å². The van der Waals surface area contributed by atoms with Crippen molar-refractivity contribution in [2.24, 2.45) is 0 Å². The first kappa shape index (κ1) is 18.6. The monoisotopic (exact) mass is 307 g/mol. The summed E-state index contributed by atoms with van der Waals surface area (Å²) in [7, 11) is 1.22. The lowest BCUT2D eigenvalue weighted by Crippen LogP contribution is -2.41. The molecule has 0 unspecified atom stereocenters. The van der Waals surface area contributed by atoms with Crippen molar-refractivity contribution in [2.75, 3.05) is 20.8 Å². The molecule has 19 heavy (non-hydrogen) atoms. The van der Waals surface area contributed by atoms with Crippen LogP contribution in [-0.4, -0.2) is 40.1 Å². The molecule has 0 aromatic carbocycles. The van der Waals surface area contributed by atoms with Crippen LogP contribution in [0.15, 0.2) is 11.1 Å². The van der Waals surface area contributed by atoms with Crippen LogP contribution in [-0.2, 0) is 14.1 Å². The van der Waals surface area contributed by atoms with E-state index in [0.29, 0.717) is 18.1 Å². The molecule has 0 N–H and O–H groups in total. The van der Waals surface area contributed by atoms with Crippen molar-refractivity contribution in [3.05, 3.63) is 11.1 Å². The van der Waals surface area contributed by atoms with Gasteiger partial charge in [0.2, 0.25) is 0 Å². The average Bonchev–Trinajstić information content (AvgIpc) is 2.25. The summed E-state index contributed by atoms with van der Waals surface area (Å²) >= 11 is 6.01. The van der Waals surface area contributed by atoms with Gasteiger partial charge in [0.05, 0.1) is 7.11 Å². The van der Waals surface area contributed by atoms with Gasteiger partial charge in [0.15, 0.2) is 8.32 Å². The molecule has 0 spiro atoms. The number of carbonyl (C=O) groups is 1. The van der Waals surface area contributed by atoms with Gasteiger partial charge in [-0.3, -0.25) is 9.63 Å². The third kappa shape index (κ3) is 6.56. The summed E-state index contributed by atoms with van der Waals surface area (Å²) in [5.41, 5.74) is 0. The Hall–Kier alpha value is -0.363. The minimum absolute atomic E-state index is 0.176. The average molecular weight is 308 g/mol. The number of nitrogens with zero attached hydrogens (tertiary/aromatic N) is 1. The van der Waals surface area contributed by atoms with Crippen LogP contribution in [0, 0.1) is 0 Å². The highest BCUT2D eigenvalue weighted by Gasteiger charge is 2.36. The zero-order chi connectivity index (χ0) is 15.3. The van der Waals surface area contributed by atoms with Gasteiger partial charge in [-0.05, 0) is 18.1 Å². The second-order valence-corrected chi connectivity index (χ2v) is 11.3. The summed E-state index contributed by atoms with van der Waals surface area (Å²) in [6, 6.07) is 0. The summed E-state index contributed by atoms with van der Waals surface area (Å²) in [4.78, 5) is 16.3. The van der Waals surface area contributed by atoms with Crippen LogP contribution in [0.4, 0.5) is 0 Å². The Morgan fingerprint density at radius 3 is 2.32 bits per heavy atom. The quantitative estimate of drug-likeness (QED) is 0.428. The van der Waals surface area contributed by atoms with E-state index in [2.05, 4.69) is 33.9 Å². The van der Waals surface area contributed by atoms with Crippen molar-refractivity contribution in [1.82, 2.24) is 5.06 Å². The first-order chi connectivity index (χ1) is 8.51. The molecule has 0 saturated carbocycles. The maximum absolute atomic E-state index is 11.5. The highest BCUT2D eigenvalue weighted by molar-refractivity contribution is 6.74. The van der Waals surface area contributed by atoms with E-state index in [-0.39, 0.29) is 10.9 Å². The summed E-state index contributed by atoms with van der Waals surface area (Å²) in [5, 5.41) is 1.78. The molecule has 0 aromatic heterocycles. The molecule has 0 aliphatic carbocycles. The Balaban J connectivity index is 4.29. The highest BCUT2D eigenvalue weighted by Crippen LogP contribution is 2.36. The topological polar surface area (TPSA) is 38.8 Å². The Kier molecular flexibility index (Phi) is 7.29. The number of rotatable bonds is 6. The van der Waals surface area contributed by atoms with Crippen molar-refractivity contribution in [3.8, 4) is 0 Å². The Labute approximate surface area is 122 Å². The normalized spacial score (nSPS) is 13.6. The summed E-state index contributed by atoms with van der Waals surface area (Å²) in [6.45, 7) is 11.5. The van der Waals surface area contributed by atoms with Crippen molar-refractivity contribution in [1.29, 1.82) is 0 Å². The smallest absolute Gasteiger partial charge is 0.271 e. The second-order valence-electron chi connectivity index (χ2n) is 5.97. The fourth-order valence-electron chi connectivity index (χ4n) is 1.01. The van der Waals surface area contributed by atoms with Crippen LogP contribution < -0.4 is 0 Å². The number of likely N-dealkylation sites (N-methyl/N-ethyl adjacent to an activating group) is 1. The van der Waals surface area contributed by atoms with Gasteiger partial charge in [0.1, 0.15) is 0 Å². The molecule has 112 valence electrons. The Morgan fingerprint density at radius 1 is 1.37 bits per heavy atom. The van der Waals surface area contributed by atoms with Crippen molar-refractivity contribution >= 4 is 25.8 Å². The first-order valence-corrected chi connectivity index (χ1v) is 9.61. The predicted molar refractivity (Wildman–Crippen MR) is 81.5 cm³/mol. The van der Waals surface area contributed by atoms with Crippen LogP contribution in [0.1, 0.15) is 27.2 Å². The van der Waals surface area contributed by atoms with Gasteiger partial charge in [-0.2, -0.15) is 0 Å². The fraction of sp³-hybridized carbons (Fsp3) is 0.769. The first-order valence-electron chi connectivity index (χ1n) is 6.33. The summed E-state index contributed by atoms with van der Waals surface area (Å²) < 4.78 is 5.99. The van der Waals surface area contributed by atoms with E-state index in [1.807, 2.05) is 0 Å². The lowest BCUT2D eigenvalue weighted by atomic mass is 10.2. The largest absolute Gasteiger partial charge is 0.416 e. The molecule has 0 aliphatic heterocycles. The molecule has 4 nitrogen and oxygen atoms in total. The third-order valence-corrected chi connectivity index (χ3v) is 8.31. The van der Waals surface area contributed by atoms with Crippen molar-refractivity contribution in [2.45, 2.75) is 45.3 Å². The fourth-order valence-corrected chi connectivity index (χ4v) is 2.22. The van der Waals surface area contributed by atoms with E-state index in [1.54, 1.807) is 0 Å². The molecule has 0 atom stereocenters. The van der Waals surface area contributed by atoms with Gasteiger partial charge in [-0.15, -0.1) is 0 Å². The van der Waals surface area contributed by atoms with Gasteiger partial charge in [-0.1, -0.05) is 32.4 Å². The molecule has 0 fully saturated rings. The maximum Gasteiger partial charge on any atom is 0.271 e. The highest BCUT2D eigenvalue weighted by atomic mass is 35.5. The molecule has 0 aromatic rings. The van der Waals surface area contributed by atoms with Crippen molar-refractivity contribution < 1.29 is 14.1 Å². The minimum Gasteiger partial charge on any atom is -0.416 e. The van der Waals surface area contributed by atoms with E-state index in [4.69, 9.17) is 20.9 Å². The van der Waals surface area contributed by atoms with Crippen molar-refractivity contribution in [3.63, 3.8) is 0 Å².